The normalized spacial score (nSPS) is 12.4. The Hall–Kier alpha value is -2.57. The Labute approximate surface area is 141 Å². The second kappa shape index (κ2) is 8.00. The van der Waals surface area contributed by atoms with Crippen LogP contribution in [0.15, 0.2) is 46.6 Å². The van der Waals surface area contributed by atoms with Gasteiger partial charge in [-0.3, -0.25) is 0 Å². The fourth-order valence-electron chi connectivity index (χ4n) is 2.20. The van der Waals surface area contributed by atoms with E-state index in [1.807, 2.05) is 24.3 Å². The van der Waals surface area contributed by atoms with Crippen LogP contribution < -0.4 is 0 Å². The van der Waals surface area contributed by atoms with Gasteiger partial charge >= 0.3 is 6.18 Å². The highest BCUT2D eigenvalue weighted by Gasteiger charge is 2.37. The summed E-state index contributed by atoms with van der Waals surface area (Å²) in [6.45, 7) is 2.08. The largest absolute Gasteiger partial charge is 0.422 e. The average molecular weight is 354 g/mol. The van der Waals surface area contributed by atoms with Crippen molar-refractivity contribution in [3.63, 3.8) is 0 Å². The Morgan fingerprint density at radius 1 is 0.880 bits per heavy atom. The van der Waals surface area contributed by atoms with Crippen LogP contribution in [0.2, 0.25) is 0 Å². The third-order valence-electron chi connectivity index (χ3n) is 3.35. The van der Waals surface area contributed by atoms with Gasteiger partial charge in [0, 0.05) is 5.56 Å². The van der Waals surface area contributed by atoms with Crippen molar-refractivity contribution < 1.29 is 22.0 Å². The summed E-state index contributed by atoms with van der Waals surface area (Å²) in [6, 6.07) is 8.72. The standard InChI is InChI=1S/C18H15F5N2/c1-2-3-12-4-6-13(7-5-12)10-24-25-11-14-8-15(19)17(16(20)9-14)18(21,22)23/h4-11H,2-3H2,1H3. The minimum absolute atomic E-state index is 0.154. The SMILES string of the molecule is CCCc1ccc(C=NN=Cc2cc(F)c(C(F)(F)F)c(F)c2)cc1. The molecule has 2 rings (SSSR count). The van der Waals surface area contributed by atoms with Gasteiger partial charge in [-0.15, -0.1) is 0 Å². The molecule has 0 N–H and O–H groups in total. The molecular formula is C18H15F5N2. The Morgan fingerprint density at radius 2 is 1.40 bits per heavy atom. The molecule has 0 radical (unpaired) electrons. The summed E-state index contributed by atoms with van der Waals surface area (Å²) in [6.07, 6.45) is -0.665. The van der Waals surface area contributed by atoms with E-state index in [4.69, 9.17) is 0 Å². The first-order valence-electron chi connectivity index (χ1n) is 7.53. The van der Waals surface area contributed by atoms with Gasteiger partial charge in [0.2, 0.25) is 0 Å². The van der Waals surface area contributed by atoms with Crippen LogP contribution in [-0.4, -0.2) is 12.4 Å². The molecule has 2 nitrogen and oxygen atoms in total. The molecule has 0 heterocycles. The summed E-state index contributed by atoms with van der Waals surface area (Å²) < 4.78 is 64.3. The fourth-order valence-corrected chi connectivity index (χ4v) is 2.20. The van der Waals surface area contributed by atoms with Crippen LogP contribution in [0.25, 0.3) is 0 Å². The van der Waals surface area contributed by atoms with E-state index in [0.29, 0.717) is 12.1 Å². The molecule has 0 atom stereocenters. The lowest BCUT2D eigenvalue weighted by atomic mass is 10.1. The van der Waals surface area contributed by atoms with Crippen molar-refractivity contribution >= 4 is 12.4 Å². The molecule has 0 spiro atoms. The summed E-state index contributed by atoms with van der Waals surface area (Å²) in [5.74, 6) is -3.38. The third kappa shape index (κ3) is 5.20. The first kappa shape index (κ1) is 18.8. The summed E-state index contributed by atoms with van der Waals surface area (Å²) in [7, 11) is 0. The van der Waals surface area contributed by atoms with Crippen molar-refractivity contribution in [3.8, 4) is 0 Å². The van der Waals surface area contributed by atoms with E-state index in [1.54, 1.807) is 0 Å². The molecule has 0 aromatic heterocycles. The Balaban J connectivity index is 2.09. The summed E-state index contributed by atoms with van der Waals surface area (Å²) in [5, 5.41) is 7.32. The van der Waals surface area contributed by atoms with Gasteiger partial charge in [-0.1, -0.05) is 37.6 Å². The fraction of sp³-hybridized carbons (Fsp3) is 0.222. The summed E-state index contributed by atoms with van der Waals surface area (Å²) >= 11 is 0. The highest BCUT2D eigenvalue weighted by molar-refractivity contribution is 5.82. The van der Waals surface area contributed by atoms with Gasteiger partial charge in [0.15, 0.2) is 0 Å². The van der Waals surface area contributed by atoms with E-state index in [1.165, 1.54) is 11.8 Å². The van der Waals surface area contributed by atoms with Crippen molar-refractivity contribution in [2.45, 2.75) is 25.9 Å². The molecule has 0 unspecified atom stereocenters. The Morgan fingerprint density at radius 3 is 1.88 bits per heavy atom. The molecule has 0 amide bonds. The molecule has 0 bridgehead atoms. The lowest BCUT2D eigenvalue weighted by Crippen LogP contribution is -2.11. The number of nitrogens with zero attached hydrogens (tertiary/aromatic N) is 2. The zero-order valence-electron chi connectivity index (χ0n) is 13.3. The molecule has 132 valence electrons. The summed E-state index contributed by atoms with van der Waals surface area (Å²) in [5.41, 5.74) is -0.0978. The highest BCUT2D eigenvalue weighted by atomic mass is 19.4. The number of benzene rings is 2. The molecule has 2 aromatic carbocycles. The smallest absolute Gasteiger partial charge is 0.206 e. The van der Waals surface area contributed by atoms with E-state index in [9.17, 15) is 22.0 Å². The lowest BCUT2D eigenvalue weighted by Gasteiger charge is -2.09. The molecule has 0 saturated heterocycles. The lowest BCUT2D eigenvalue weighted by molar-refractivity contribution is -0.142. The Bertz CT molecular complexity index is 754. The van der Waals surface area contributed by atoms with Crippen LogP contribution in [-0.2, 0) is 12.6 Å². The monoisotopic (exact) mass is 354 g/mol. The van der Waals surface area contributed by atoms with Crippen LogP contribution in [0, 0.1) is 11.6 Å². The zero-order valence-corrected chi connectivity index (χ0v) is 13.3. The quantitative estimate of drug-likeness (QED) is 0.391. The van der Waals surface area contributed by atoms with Crippen molar-refractivity contribution in [2.24, 2.45) is 10.2 Å². The van der Waals surface area contributed by atoms with Crippen molar-refractivity contribution in [3.05, 3.63) is 70.3 Å². The van der Waals surface area contributed by atoms with Crippen molar-refractivity contribution in [2.75, 3.05) is 0 Å². The predicted octanol–water partition coefficient (Wildman–Crippen LogP) is 5.39. The van der Waals surface area contributed by atoms with Gasteiger partial charge < -0.3 is 0 Å². The minimum atomic E-state index is -5.09. The second-order valence-corrected chi connectivity index (χ2v) is 5.34. The van der Waals surface area contributed by atoms with Crippen LogP contribution >= 0.6 is 0 Å². The molecule has 25 heavy (non-hydrogen) atoms. The number of rotatable bonds is 5. The third-order valence-corrected chi connectivity index (χ3v) is 3.35. The second-order valence-electron chi connectivity index (χ2n) is 5.34. The van der Waals surface area contributed by atoms with Crippen LogP contribution in [0.4, 0.5) is 22.0 Å². The van der Waals surface area contributed by atoms with Gasteiger partial charge in [-0.2, -0.15) is 23.4 Å². The highest BCUT2D eigenvalue weighted by Crippen LogP contribution is 2.33. The number of halogens is 5. The minimum Gasteiger partial charge on any atom is -0.206 e. The maximum atomic E-state index is 13.4. The number of hydrogen-bond acceptors (Lipinski definition) is 2. The Kier molecular flexibility index (Phi) is 6.01. The molecule has 0 aliphatic rings. The summed E-state index contributed by atoms with van der Waals surface area (Å²) in [4.78, 5) is 0. The molecule has 0 saturated carbocycles. The first-order valence-corrected chi connectivity index (χ1v) is 7.53. The molecule has 0 aliphatic carbocycles. The predicted molar refractivity (Wildman–Crippen MR) is 87.0 cm³/mol. The van der Waals surface area contributed by atoms with E-state index in [0.717, 1.165) is 24.6 Å². The molecule has 0 fully saturated rings. The van der Waals surface area contributed by atoms with Gasteiger partial charge in [-0.05, 0) is 29.7 Å². The van der Waals surface area contributed by atoms with Crippen molar-refractivity contribution in [1.82, 2.24) is 0 Å². The van der Waals surface area contributed by atoms with Gasteiger partial charge in [0.05, 0.1) is 12.4 Å². The van der Waals surface area contributed by atoms with Gasteiger partial charge in [0.25, 0.3) is 0 Å². The van der Waals surface area contributed by atoms with E-state index >= 15 is 0 Å². The zero-order chi connectivity index (χ0) is 18.4. The average Bonchev–Trinajstić information content (AvgIpc) is 2.51. The maximum Gasteiger partial charge on any atom is 0.422 e. The number of hydrogen-bond donors (Lipinski definition) is 0. The van der Waals surface area contributed by atoms with Gasteiger partial charge in [-0.25, -0.2) is 8.78 Å². The molecule has 2 aromatic rings. The van der Waals surface area contributed by atoms with Crippen LogP contribution in [0.3, 0.4) is 0 Å². The molecule has 7 heteroatoms. The first-order chi connectivity index (χ1) is 11.8. The number of alkyl halides is 3. The van der Waals surface area contributed by atoms with E-state index < -0.39 is 23.4 Å². The van der Waals surface area contributed by atoms with Gasteiger partial charge in [0.1, 0.15) is 17.2 Å². The van der Waals surface area contributed by atoms with Crippen molar-refractivity contribution in [1.29, 1.82) is 0 Å². The molecular weight excluding hydrogens is 339 g/mol. The van der Waals surface area contributed by atoms with E-state index in [2.05, 4.69) is 17.1 Å². The number of aryl methyl sites for hydroxylation is 1. The maximum absolute atomic E-state index is 13.4. The van der Waals surface area contributed by atoms with Crippen LogP contribution in [0.1, 0.15) is 35.6 Å². The molecule has 0 aliphatic heterocycles. The van der Waals surface area contributed by atoms with E-state index in [-0.39, 0.29) is 5.56 Å². The topological polar surface area (TPSA) is 24.7 Å². The van der Waals surface area contributed by atoms with Crippen LogP contribution in [0.5, 0.6) is 0 Å².